The maximum absolute atomic E-state index is 12.2. The molecule has 0 saturated carbocycles. The molecule has 0 fully saturated rings. The number of hydrogen-bond donors (Lipinski definition) is 2. The lowest BCUT2D eigenvalue weighted by molar-refractivity contribution is 0.601. The van der Waals surface area contributed by atoms with Crippen molar-refractivity contribution in [3.05, 3.63) is 52.0 Å². The predicted molar refractivity (Wildman–Crippen MR) is 82.9 cm³/mol. The lowest BCUT2D eigenvalue weighted by atomic mass is 10.2. The summed E-state index contributed by atoms with van der Waals surface area (Å²) >= 11 is 11.6. The number of hydrogen-bond acceptors (Lipinski definition) is 3. The fraction of sp³-hybridized carbons (Fsp3) is 0.0769. The predicted octanol–water partition coefficient (Wildman–Crippen LogP) is 3.68. The van der Waals surface area contributed by atoms with Crippen molar-refractivity contribution in [2.75, 3.05) is 10.5 Å². The second-order valence-corrected chi connectivity index (χ2v) is 6.75. The Morgan fingerprint density at radius 1 is 1.05 bits per heavy atom. The summed E-state index contributed by atoms with van der Waals surface area (Å²) in [4.78, 5) is 0.0895. The Hall–Kier alpha value is -1.43. The van der Waals surface area contributed by atoms with E-state index in [1.54, 1.807) is 13.0 Å². The highest BCUT2D eigenvalue weighted by molar-refractivity contribution is 7.92. The molecule has 0 atom stereocenters. The Morgan fingerprint density at radius 2 is 1.75 bits per heavy atom. The standard InChI is InChI=1S/C13H12Cl2N2O2S/c1-8-2-4-10(7-13(8)16)20(18,19)17-9-3-5-11(14)12(15)6-9/h2-7,17H,16H2,1H3. The molecular weight excluding hydrogens is 319 g/mol. The van der Waals surface area contributed by atoms with Crippen molar-refractivity contribution in [1.82, 2.24) is 0 Å². The van der Waals surface area contributed by atoms with E-state index in [-0.39, 0.29) is 9.92 Å². The molecule has 106 valence electrons. The molecule has 0 spiro atoms. The molecule has 3 N–H and O–H groups in total. The number of halogens is 2. The van der Waals surface area contributed by atoms with E-state index < -0.39 is 10.0 Å². The summed E-state index contributed by atoms with van der Waals surface area (Å²) < 4.78 is 26.9. The van der Waals surface area contributed by atoms with Crippen LogP contribution in [0.2, 0.25) is 10.0 Å². The van der Waals surface area contributed by atoms with E-state index >= 15 is 0 Å². The quantitative estimate of drug-likeness (QED) is 0.843. The summed E-state index contributed by atoms with van der Waals surface area (Å²) in [5.41, 5.74) is 7.29. The molecule has 0 aliphatic carbocycles. The first-order valence-corrected chi connectivity index (χ1v) is 7.87. The number of sulfonamides is 1. The van der Waals surface area contributed by atoms with E-state index in [9.17, 15) is 8.42 Å². The molecule has 0 amide bonds. The molecular formula is C13H12Cl2N2O2S. The third kappa shape index (κ3) is 3.17. The maximum Gasteiger partial charge on any atom is 0.261 e. The van der Waals surface area contributed by atoms with Gasteiger partial charge in [0.15, 0.2) is 0 Å². The molecule has 0 bridgehead atoms. The number of nitrogens with two attached hydrogens (primary N) is 1. The van der Waals surface area contributed by atoms with Crippen LogP contribution in [0.5, 0.6) is 0 Å². The minimum atomic E-state index is -3.71. The largest absolute Gasteiger partial charge is 0.398 e. The number of nitrogen functional groups attached to an aromatic ring is 1. The van der Waals surface area contributed by atoms with Gasteiger partial charge >= 0.3 is 0 Å². The lowest BCUT2D eigenvalue weighted by Crippen LogP contribution is -2.13. The average Bonchev–Trinajstić information content (AvgIpc) is 2.37. The third-order valence-corrected chi connectivity index (χ3v) is 4.85. The van der Waals surface area contributed by atoms with Crippen LogP contribution < -0.4 is 10.5 Å². The van der Waals surface area contributed by atoms with E-state index in [4.69, 9.17) is 28.9 Å². The molecule has 20 heavy (non-hydrogen) atoms. The Morgan fingerprint density at radius 3 is 2.35 bits per heavy atom. The molecule has 7 heteroatoms. The van der Waals surface area contributed by atoms with Crippen LogP contribution in [-0.4, -0.2) is 8.42 Å². The average molecular weight is 331 g/mol. The number of rotatable bonds is 3. The van der Waals surface area contributed by atoms with Crippen LogP contribution in [0.3, 0.4) is 0 Å². The van der Waals surface area contributed by atoms with E-state index in [2.05, 4.69) is 4.72 Å². The van der Waals surface area contributed by atoms with E-state index in [1.165, 1.54) is 30.3 Å². The molecule has 0 radical (unpaired) electrons. The smallest absolute Gasteiger partial charge is 0.261 e. The second-order valence-electron chi connectivity index (χ2n) is 4.25. The molecule has 2 rings (SSSR count). The number of anilines is 2. The van der Waals surface area contributed by atoms with Crippen molar-refractivity contribution < 1.29 is 8.42 Å². The second kappa shape index (κ2) is 5.52. The minimum Gasteiger partial charge on any atom is -0.398 e. The van der Waals surface area contributed by atoms with Crippen molar-refractivity contribution in [2.45, 2.75) is 11.8 Å². The van der Waals surface area contributed by atoms with Crippen molar-refractivity contribution in [3.63, 3.8) is 0 Å². The number of aryl methyl sites for hydroxylation is 1. The molecule has 0 aliphatic rings. The first-order chi connectivity index (χ1) is 9.29. The van der Waals surface area contributed by atoms with Crippen LogP contribution in [0.15, 0.2) is 41.3 Å². The normalized spacial score (nSPS) is 11.3. The summed E-state index contributed by atoms with van der Waals surface area (Å²) in [7, 11) is -3.71. The summed E-state index contributed by atoms with van der Waals surface area (Å²) in [6, 6.07) is 9.05. The molecule has 2 aromatic rings. The summed E-state index contributed by atoms with van der Waals surface area (Å²) in [6.07, 6.45) is 0. The Labute approximate surface area is 127 Å². The van der Waals surface area contributed by atoms with Gasteiger partial charge in [-0.2, -0.15) is 0 Å². The summed E-state index contributed by atoms with van der Waals surface area (Å²) in [5.74, 6) is 0. The first kappa shape index (κ1) is 15.0. The minimum absolute atomic E-state index is 0.0895. The fourth-order valence-corrected chi connectivity index (χ4v) is 2.94. The Kier molecular flexibility index (Phi) is 4.13. The third-order valence-electron chi connectivity index (χ3n) is 2.73. The maximum atomic E-state index is 12.2. The zero-order chi connectivity index (χ0) is 14.9. The molecule has 2 aromatic carbocycles. The van der Waals surface area contributed by atoms with Gasteiger partial charge in [0, 0.05) is 5.69 Å². The highest BCUT2D eigenvalue weighted by Gasteiger charge is 2.15. The summed E-state index contributed by atoms with van der Waals surface area (Å²) in [6.45, 7) is 1.80. The zero-order valence-electron chi connectivity index (χ0n) is 10.5. The molecule has 0 aliphatic heterocycles. The number of benzene rings is 2. The van der Waals surface area contributed by atoms with Crippen LogP contribution in [0.1, 0.15) is 5.56 Å². The molecule has 0 saturated heterocycles. The topological polar surface area (TPSA) is 72.2 Å². The van der Waals surface area contributed by atoms with Gasteiger partial charge < -0.3 is 5.73 Å². The van der Waals surface area contributed by atoms with Crippen LogP contribution in [-0.2, 0) is 10.0 Å². The van der Waals surface area contributed by atoms with Gasteiger partial charge in [-0.05, 0) is 42.8 Å². The molecule has 4 nitrogen and oxygen atoms in total. The van der Waals surface area contributed by atoms with Crippen LogP contribution in [0.4, 0.5) is 11.4 Å². The molecule has 0 heterocycles. The first-order valence-electron chi connectivity index (χ1n) is 5.63. The number of nitrogens with one attached hydrogen (secondary N) is 1. The molecule has 0 aromatic heterocycles. The van der Waals surface area contributed by atoms with Gasteiger partial charge in [-0.25, -0.2) is 8.42 Å². The monoisotopic (exact) mass is 330 g/mol. The van der Waals surface area contributed by atoms with Crippen molar-refractivity contribution in [3.8, 4) is 0 Å². The van der Waals surface area contributed by atoms with E-state index in [1.807, 2.05) is 0 Å². The van der Waals surface area contributed by atoms with Gasteiger partial charge in [0.25, 0.3) is 10.0 Å². The van der Waals surface area contributed by atoms with Crippen molar-refractivity contribution in [2.24, 2.45) is 0 Å². The highest BCUT2D eigenvalue weighted by atomic mass is 35.5. The van der Waals surface area contributed by atoms with Crippen molar-refractivity contribution in [1.29, 1.82) is 0 Å². The van der Waals surface area contributed by atoms with Gasteiger partial charge in [-0.3, -0.25) is 4.72 Å². The molecule has 0 unspecified atom stereocenters. The van der Waals surface area contributed by atoms with Gasteiger partial charge in [0.05, 0.1) is 20.6 Å². The van der Waals surface area contributed by atoms with Gasteiger partial charge in [-0.1, -0.05) is 29.3 Å². The Bertz CT molecular complexity index is 761. The van der Waals surface area contributed by atoms with Gasteiger partial charge in [-0.15, -0.1) is 0 Å². The lowest BCUT2D eigenvalue weighted by Gasteiger charge is -2.10. The van der Waals surface area contributed by atoms with Crippen LogP contribution in [0.25, 0.3) is 0 Å². The SMILES string of the molecule is Cc1ccc(S(=O)(=O)Nc2ccc(Cl)c(Cl)c2)cc1N. The van der Waals surface area contributed by atoms with Gasteiger partial charge in [0.2, 0.25) is 0 Å². The van der Waals surface area contributed by atoms with E-state index in [0.717, 1.165) is 5.56 Å². The van der Waals surface area contributed by atoms with Crippen LogP contribution in [0, 0.1) is 6.92 Å². The summed E-state index contributed by atoms with van der Waals surface area (Å²) in [5, 5.41) is 0.629. The zero-order valence-corrected chi connectivity index (χ0v) is 12.9. The Balaban J connectivity index is 2.35. The van der Waals surface area contributed by atoms with Gasteiger partial charge in [0.1, 0.15) is 0 Å². The van der Waals surface area contributed by atoms with Crippen LogP contribution >= 0.6 is 23.2 Å². The van der Waals surface area contributed by atoms with Crippen molar-refractivity contribution >= 4 is 44.6 Å². The highest BCUT2D eigenvalue weighted by Crippen LogP contribution is 2.27. The fourth-order valence-electron chi connectivity index (χ4n) is 1.56. The van der Waals surface area contributed by atoms with E-state index in [0.29, 0.717) is 16.4 Å².